The van der Waals surface area contributed by atoms with Gasteiger partial charge in [-0.2, -0.15) is 0 Å². The van der Waals surface area contributed by atoms with Gasteiger partial charge in [0.25, 0.3) is 0 Å². The summed E-state index contributed by atoms with van der Waals surface area (Å²) in [6.07, 6.45) is 1.05. The Kier molecular flexibility index (Phi) is 2.93. The number of thiophene rings is 1. The van der Waals surface area contributed by atoms with Crippen molar-refractivity contribution in [1.82, 2.24) is 5.32 Å². The van der Waals surface area contributed by atoms with Crippen LogP contribution in [-0.2, 0) is 11.3 Å². The fraction of sp³-hybridized carbons (Fsp3) is 0.500. The number of carbonyl (C=O) groups is 1. The minimum Gasteiger partial charge on any atom is -0.352 e. The van der Waals surface area contributed by atoms with Gasteiger partial charge in [-0.25, -0.2) is 0 Å². The summed E-state index contributed by atoms with van der Waals surface area (Å²) in [7, 11) is 0. The maximum Gasteiger partial charge on any atom is 0.223 e. The quantitative estimate of drug-likeness (QED) is 0.902. The van der Waals surface area contributed by atoms with Gasteiger partial charge >= 0.3 is 0 Å². The van der Waals surface area contributed by atoms with Gasteiger partial charge in [-0.3, -0.25) is 4.79 Å². The summed E-state index contributed by atoms with van der Waals surface area (Å²) in [5.74, 6) is 1.06. The van der Waals surface area contributed by atoms with Gasteiger partial charge < -0.3 is 5.32 Å². The first-order chi connectivity index (χ1) is 6.68. The summed E-state index contributed by atoms with van der Waals surface area (Å²) in [5, 5.41) is 4.98. The lowest BCUT2D eigenvalue weighted by Gasteiger charge is -2.02. The van der Waals surface area contributed by atoms with E-state index < -0.39 is 0 Å². The van der Waals surface area contributed by atoms with Crippen LogP contribution in [0.25, 0.3) is 0 Å². The summed E-state index contributed by atoms with van der Waals surface area (Å²) in [5.41, 5.74) is 1.16. The number of hydrogen-bond donors (Lipinski definition) is 1. The zero-order valence-corrected chi connectivity index (χ0v) is 10.3. The van der Waals surface area contributed by atoms with E-state index in [1.807, 2.05) is 11.4 Å². The monoisotopic (exact) mass is 273 g/mol. The topological polar surface area (TPSA) is 29.1 Å². The Balaban J connectivity index is 1.83. The minimum atomic E-state index is 0.204. The lowest BCUT2D eigenvalue weighted by molar-refractivity contribution is -0.122. The summed E-state index contributed by atoms with van der Waals surface area (Å²) >= 11 is 5.09. The molecule has 2 rings (SSSR count). The van der Waals surface area contributed by atoms with E-state index in [4.69, 9.17) is 0 Å². The van der Waals surface area contributed by atoms with Crippen LogP contribution in [0.5, 0.6) is 0 Å². The molecule has 2 atom stereocenters. The van der Waals surface area contributed by atoms with Crippen LogP contribution >= 0.6 is 27.3 Å². The second-order valence-corrected chi connectivity index (χ2v) is 5.99. The molecule has 0 saturated heterocycles. The molecule has 0 aliphatic heterocycles. The van der Waals surface area contributed by atoms with Crippen LogP contribution in [0.2, 0.25) is 0 Å². The molecule has 0 radical (unpaired) electrons. The van der Waals surface area contributed by atoms with Gasteiger partial charge in [-0.05, 0) is 45.3 Å². The number of halogens is 1. The summed E-state index contributed by atoms with van der Waals surface area (Å²) < 4.78 is 1.11. The molecule has 1 saturated carbocycles. The summed E-state index contributed by atoms with van der Waals surface area (Å²) in [4.78, 5) is 11.5. The zero-order valence-electron chi connectivity index (χ0n) is 7.92. The molecule has 1 aromatic rings. The minimum absolute atomic E-state index is 0.204. The van der Waals surface area contributed by atoms with Crippen molar-refractivity contribution in [3.05, 3.63) is 20.8 Å². The molecule has 1 fully saturated rings. The highest BCUT2D eigenvalue weighted by Crippen LogP contribution is 2.37. The highest BCUT2D eigenvalue weighted by molar-refractivity contribution is 9.11. The van der Waals surface area contributed by atoms with E-state index in [1.165, 1.54) is 0 Å². The molecule has 1 N–H and O–H groups in total. The Bertz CT molecular complexity index is 350. The van der Waals surface area contributed by atoms with E-state index >= 15 is 0 Å². The van der Waals surface area contributed by atoms with Gasteiger partial charge in [0, 0.05) is 12.5 Å². The van der Waals surface area contributed by atoms with Gasteiger partial charge in [0.05, 0.1) is 3.79 Å². The molecule has 2 unspecified atom stereocenters. The Morgan fingerprint density at radius 2 is 2.50 bits per heavy atom. The number of amides is 1. The molecule has 76 valence electrons. The molecule has 1 amide bonds. The average Bonchev–Trinajstić information content (AvgIpc) is 2.74. The lowest BCUT2D eigenvalue weighted by Crippen LogP contribution is -2.24. The highest BCUT2D eigenvalue weighted by Gasteiger charge is 2.38. The molecule has 1 aliphatic rings. The maximum atomic E-state index is 11.5. The van der Waals surface area contributed by atoms with Crippen molar-refractivity contribution in [3.63, 3.8) is 0 Å². The van der Waals surface area contributed by atoms with Gasteiger partial charge in [-0.15, -0.1) is 11.3 Å². The van der Waals surface area contributed by atoms with Gasteiger partial charge in [-0.1, -0.05) is 6.92 Å². The van der Waals surface area contributed by atoms with Crippen molar-refractivity contribution < 1.29 is 4.79 Å². The molecule has 0 aromatic carbocycles. The molecule has 1 heterocycles. The largest absolute Gasteiger partial charge is 0.352 e. The summed E-state index contributed by atoms with van der Waals surface area (Å²) in [6.45, 7) is 2.76. The molecule has 1 aromatic heterocycles. The van der Waals surface area contributed by atoms with E-state index in [2.05, 4.69) is 28.2 Å². The van der Waals surface area contributed by atoms with Gasteiger partial charge in [0.1, 0.15) is 0 Å². The molecule has 14 heavy (non-hydrogen) atoms. The third-order valence-corrected chi connectivity index (χ3v) is 4.40. The van der Waals surface area contributed by atoms with E-state index in [9.17, 15) is 4.79 Å². The second kappa shape index (κ2) is 4.03. The third-order valence-electron chi connectivity index (χ3n) is 2.59. The Morgan fingerprint density at radius 1 is 1.79 bits per heavy atom. The first-order valence-electron chi connectivity index (χ1n) is 4.68. The molecular formula is C10H12BrNOS. The first kappa shape index (κ1) is 10.2. The molecular weight excluding hydrogens is 262 g/mol. The van der Waals surface area contributed by atoms with Crippen molar-refractivity contribution in [2.45, 2.75) is 19.9 Å². The van der Waals surface area contributed by atoms with Crippen molar-refractivity contribution >= 4 is 33.2 Å². The SMILES string of the molecule is CC1CC1C(=O)NCc1ccsc1Br. The maximum absolute atomic E-state index is 11.5. The molecule has 0 bridgehead atoms. The molecule has 1 aliphatic carbocycles. The smallest absolute Gasteiger partial charge is 0.223 e. The van der Waals surface area contributed by atoms with Gasteiger partial charge in [0.2, 0.25) is 5.91 Å². The normalized spacial score (nSPS) is 24.7. The second-order valence-electron chi connectivity index (χ2n) is 3.76. The zero-order chi connectivity index (χ0) is 10.1. The highest BCUT2D eigenvalue weighted by atomic mass is 79.9. The van der Waals surface area contributed by atoms with Crippen LogP contribution in [-0.4, -0.2) is 5.91 Å². The van der Waals surface area contributed by atoms with Crippen LogP contribution in [0.1, 0.15) is 18.9 Å². The number of rotatable bonds is 3. The van der Waals surface area contributed by atoms with E-state index in [0.29, 0.717) is 12.5 Å². The van der Waals surface area contributed by atoms with Crippen molar-refractivity contribution in [2.75, 3.05) is 0 Å². The Hall–Kier alpha value is -0.350. The van der Waals surface area contributed by atoms with Crippen molar-refractivity contribution in [1.29, 1.82) is 0 Å². The number of nitrogens with one attached hydrogen (secondary N) is 1. The van der Waals surface area contributed by atoms with Crippen molar-refractivity contribution in [3.8, 4) is 0 Å². The number of hydrogen-bond acceptors (Lipinski definition) is 2. The van der Waals surface area contributed by atoms with Crippen LogP contribution in [0.3, 0.4) is 0 Å². The van der Waals surface area contributed by atoms with Crippen LogP contribution in [0.4, 0.5) is 0 Å². The van der Waals surface area contributed by atoms with Crippen molar-refractivity contribution in [2.24, 2.45) is 11.8 Å². The van der Waals surface area contributed by atoms with E-state index in [-0.39, 0.29) is 11.8 Å². The molecule has 2 nitrogen and oxygen atoms in total. The van der Waals surface area contributed by atoms with Gasteiger partial charge in [0.15, 0.2) is 0 Å². The van der Waals surface area contributed by atoms with Crippen LogP contribution in [0.15, 0.2) is 15.2 Å². The first-order valence-corrected chi connectivity index (χ1v) is 6.35. The predicted octanol–water partition coefficient (Wildman–Crippen LogP) is 2.78. The fourth-order valence-corrected chi connectivity index (χ4v) is 2.69. The van der Waals surface area contributed by atoms with E-state index in [1.54, 1.807) is 11.3 Å². The van der Waals surface area contributed by atoms with Crippen LogP contribution in [0, 0.1) is 11.8 Å². The Morgan fingerprint density at radius 3 is 3.00 bits per heavy atom. The fourth-order valence-electron chi connectivity index (χ4n) is 1.45. The lowest BCUT2D eigenvalue weighted by atomic mass is 10.3. The number of carbonyl (C=O) groups excluding carboxylic acids is 1. The average molecular weight is 274 g/mol. The van der Waals surface area contributed by atoms with Crippen LogP contribution < -0.4 is 5.32 Å². The molecule has 4 heteroatoms. The molecule has 0 spiro atoms. The summed E-state index contributed by atoms with van der Waals surface area (Å²) in [6, 6.07) is 2.03. The predicted molar refractivity (Wildman–Crippen MR) is 61.1 cm³/mol. The standard InChI is InChI=1S/C10H12BrNOS/c1-6-4-8(6)10(13)12-5-7-2-3-14-9(7)11/h2-3,6,8H,4-5H2,1H3,(H,12,13). The van der Waals surface area contributed by atoms with E-state index in [0.717, 1.165) is 15.8 Å². The Labute approximate surface area is 95.8 Å². The third kappa shape index (κ3) is 2.17.